The summed E-state index contributed by atoms with van der Waals surface area (Å²) in [5.74, 6) is 0. The molecule has 0 heterocycles. The van der Waals surface area contributed by atoms with Crippen LogP contribution in [0.2, 0.25) is 0 Å². The molecule has 0 unspecified atom stereocenters. The van der Waals surface area contributed by atoms with Gasteiger partial charge in [0.25, 0.3) is 0 Å². The summed E-state index contributed by atoms with van der Waals surface area (Å²) in [6.45, 7) is 1.83. The fourth-order valence-corrected chi connectivity index (χ4v) is 1.56. The molecule has 1 aliphatic rings. The van der Waals surface area contributed by atoms with Crippen molar-refractivity contribution < 1.29 is 14.6 Å². The van der Waals surface area contributed by atoms with Gasteiger partial charge in [-0.15, -0.1) is 0 Å². The van der Waals surface area contributed by atoms with Crippen LogP contribution in [-0.4, -0.2) is 22.9 Å². The molecule has 3 N–H and O–H groups in total. The maximum absolute atomic E-state index is 10.3. The quantitative estimate of drug-likeness (QED) is 0.587. The van der Waals surface area contributed by atoms with Crippen LogP contribution in [-0.2, 0) is 4.74 Å². The lowest BCUT2D eigenvalue weighted by Crippen LogP contribution is -2.39. The Labute approximate surface area is 71.7 Å². The Balaban J connectivity index is 2.44. The molecule has 0 aliphatic heterocycles. The van der Waals surface area contributed by atoms with Gasteiger partial charge in [-0.3, -0.25) is 0 Å². The highest BCUT2D eigenvalue weighted by Crippen LogP contribution is 2.30. The number of rotatable bonds is 1. The van der Waals surface area contributed by atoms with E-state index in [4.69, 9.17) is 15.6 Å². The molecule has 0 aromatic rings. The zero-order chi connectivity index (χ0) is 9.19. The summed E-state index contributed by atoms with van der Waals surface area (Å²) in [4.78, 5) is 10.3. The van der Waals surface area contributed by atoms with Crippen molar-refractivity contribution in [3.8, 4) is 0 Å². The highest BCUT2D eigenvalue weighted by atomic mass is 16.7. The first kappa shape index (κ1) is 9.32. The van der Waals surface area contributed by atoms with Gasteiger partial charge in [-0.25, -0.2) is 4.79 Å². The van der Waals surface area contributed by atoms with Crippen LogP contribution in [0, 0.1) is 0 Å². The van der Waals surface area contributed by atoms with Gasteiger partial charge in [-0.1, -0.05) is 0 Å². The third-order valence-corrected chi connectivity index (χ3v) is 2.42. The van der Waals surface area contributed by atoms with Crippen molar-refractivity contribution in [3.05, 3.63) is 0 Å². The average molecular weight is 173 g/mol. The molecule has 1 saturated carbocycles. The van der Waals surface area contributed by atoms with Gasteiger partial charge in [-0.05, 0) is 32.6 Å². The van der Waals surface area contributed by atoms with Gasteiger partial charge in [0.2, 0.25) is 0 Å². The standard InChI is InChI=1S/C8H15NO3/c1-8(12-7(10)11)4-2-6(9)3-5-8/h6H,2-5,9H2,1H3,(H,10,11). The van der Waals surface area contributed by atoms with Crippen molar-refractivity contribution >= 4 is 6.16 Å². The molecule has 4 nitrogen and oxygen atoms in total. The van der Waals surface area contributed by atoms with E-state index < -0.39 is 11.8 Å². The van der Waals surface area contributed by atoms with Crippen molar-refractivity contribution in [2.24, 2.45) is 5.73 Å². The molecule has 12 heavy (non-hydrogen) atoms. The van der Waals surface area contributed by atoms with Crippen LogP contribution in [0.1, 0.15) is 32.6 Å². The van der Waals surface area contributed by atoms with Crippen molar-refractivity contribution in [1.82, 2.24) is 0 Å². The third kappa shape index (κ3) is 2.37. The molecule has 0 aromatic carbocycles. The Morgan fingerprint density at radius 2 is 2.08 bits per heavy atom. The second kappa shape index (κ2) is 3.31. The van der Waals surface area contributed by atoms with E-state index in [-0.39, 0.29) is 6.04 Å². The Bertz CT molecular complexity index is 173. The van der Waals surface area contributed by atoms with E-state index in [0.717, 1.165) is 25.7 Å². The van der Waals surface area contributed by atoms with Crippen molar-refractivity contribution in [2.75, 3.05) is 0 Å². The molecule has 0 spiro atoms. The highest BCUT2D eigenvalue weighted by Gasteiger charge is 2.33. The third-order valence-electron chi connectivity index (χ3n) is 2.42. The number of carbonyl (C=O) groups is 1. The van der Waals surface area contributed by atoms with Gasteiger partial charge >= 0.3 is 6.16 Å². The lowest BCUT2D eigenvalue weighted by molar-refractivity contribution is -0.0316. The van der Waals surface area contributed by atoms with E-state index in [1.54, 1.807) is 0 Å². The van der Waals surface area contributed by atoms with Gasteiger partial charge in [0.05, 0.1) is 0 Å². The summed E-state index contributed by atoms with van der Waals surface area (Å²) in [5.41, 5.74) is 5.19. The first-order chi connectivity index (χ1) is 5.52. The first-order valence-corrected chi connectivity index (χ1v) is 4.19. The number of hydrogen-bond acceptors (Lipinski definition) is 3. The minimum Gasteiger partial charge on any atom is -0.450 e. The molecule has 0 bridgehead atoms. The van der Waals surface area contributed by atoms with Gasteiger partial charge in [0, 0.05) is 6.04 Å². The predicted molar refractivity (Wildman–Crippen MR) is 44.0 cm³/mol. The summed E-state index contributed by atoms with van der Waals surface area (Å²) in [5, 5.41) is 8.44. The SMILES string of the molecule is CC1(OC(=O)O)CCC(N)CC1. The molecule has 0 amide bonds. The monoisotopic (exact) mass is 173 g/mol. The normalized spacial score (nSPS) is 36.0. The summed E-state index contributed by atoms with van der Waals surface area (Å²) in [6.07, 6.45) is 1.99. The molecule has 70 valence electrons. The second-order valence-corrected chi connectivity index (χ2v) is 3.66. The smallest absolute Gasteiger partial charge is 0.450 e. The maximum Gasteiger partial charge on any atom is 0.506 e. The first-order valence-electron chi connectivity index (χ1n) is 4.19. The fourth-order valence-electron chi connectivity index (χ4n) is 1.56. The summed E-state index contributed by atoms with van der Waals surface area (Å²) in [7, 11) is 0. The van der Waals surface area contributed by atoms with E-state index in [9.17, 15) is 4.79 Å². The van der Waals surface area contributed by atoms with Crippen molar-refractivity contribution in [2.45, 2.75) is 44.2 Å². The number of ether oxygens (including phenoxy) is 1. The van der Waals surface area contributed by atoms with E-state index in [0.29, 0.717) is 0 Å². The largest absolute Gasteiger partial charge is 0.506 e. The zero-order valence-corrected chi connectivity index (χ0v) is 7.25. The number of carboxylic acid groups (broad SMARTS) is 1. The Hall–Kier alpha value is -0.770. The van der Waals surface area contributed by atoms with E-state index in [1.165, 1.54) is 0 Å². The Kier molecular flexibility index (Phi) is 2.57. The van der Waals surface area contributed by atoms with Gasteiger partial charge in [0.15, 0.2) is 0 Å². The van der Waals surface area contributed by atoms with E-state index in [2.05, 4.69) is 0 Å². The molecular formula is C8H15NO3. The maximum atomic E-state index is 10.3. The summed E-state index contributed by atoms with van der Waals surface area (Å²) < 4.78 is 4.79. The minimum atomic E-state index is -1.19. The Morgan fingerprint density at radius 3 is 2.50 bits per heavy atom. The number of nitrogens with two attached hydrogens (primary N) is 1. The lowest BCUT2D eigenvalue weighted by Gasteiger charge is -2.34. The summed E-state index contributed by atoms with van der Waals surface area (Å²) >= 11 is 0. The van der Waals surface area contributed by atoms with Crippen LogP contribution >= 0.6 is 0 Å². The molecule has 4 heteroatoms. The van der Waals surface area contributed by atoms with Crippen LogP contribution in [0.5, 0.6) is 0 Å². The molecular weight excluding hydrogens is 158 g/mol. The van der Waals surface area contributed by atoms with Gasteiger partial charge in [0.1, 0.15) is 5.60 Å². The molecule has 0 atom stereocenters. The van der Waals surface area contributed by atoms with Crippen LogP contribution in [0.4, 0.5) is 4.79 Å². The molecule has 0 radical (unpaired) electrons. The fraction of sp³-hybridized carbons (Fsp3) is 0.875. The van der Waals surface area contributed by atoms with Crippen molar-refractivity contribution in [1.29, 1.82) is 0 Å². The van der Waals surface area contributed by atoms with E-state index >= 15 is 0 Å². The number of hydrogen-bond donors (Lipinski definition) is 2. The molecule has 1 aliphatic carbocycles. The topological polar surface area (TPSA) is 72.5 Å². The predicted octanol–water partition coefficient (Wildman–Crippen LogP) is 1.34. The molecule has 0 aromatic heterocycles. The minimum absolute atomic E-state index is 0.218. The van der Waals surface area contributed by atoms with Crippen LogP contribution in [0.25, 0.3) is 0 Å². The lowest BCUT2D eigenvalue weighted by atomic mass is 9.84. The molecule has 1 fully saturated rings. The molecule has 1 rings (SSSR count). The van der Waals surface area contributed by atoms with Gasteiger partial charge in [-0.2, -0.15) is 0 Å². The van der Waals surface area contributed by atoms with Crippen molar-refractivity contribution in [3.63, 3.8) is 0 Å². The van der Waals surface area contributed by atoms with Gasteiger partial charge < -0.3 is 15.6 Å². The van der Waals surface area contributed by atoms with Crippen LogP contribution in [0.15, 0.2) is 0 Å². The second-order valence-electron chi connectivity index (χ2n) is 3.66. The van der Waals surface area contributed by atoms with Crippen LogP contribution in [0.3, 0.4) is 0 Å². The molecule has 0 saturated heterocycles. The van der Waals surface area contributed by atoms with E-state index in [1.807, 2.05) is 6.92 Å². The Morgan fingerprint density at radius 1 is 1.58 bits per heavy atom. The van der Waals surface area contributed by atoms with Crippen LogP contribution < -0.4 is 5.73 Å². The highest BCUT2D eigenvalue weighted by molar-refractivity contribution is 5.57. The zero-order valence-electron chi connectivity index (χ0n) is 7.25. The summed E-state index contributed by atoms with van der Waals surface area (Å²) in [6, 6.07) is 0.218. The average Bonchev–Trinajstić information content (AvgIpc) is 1.94.